The van der Waals surface area contributed by atoms with E-state index in [4.69, 9.17) is 0 Å². The molecule has 2 heterocycles. The summed E-state index contributed by atoms with van der Waals surface area (Å²) in [4.78, 5) is 31.1. The molecule has 1 atom stereocenters. The molecule has 0 radical (unpaired) electrons. The van der Waals surface area contributed by atoms with Crippen LogP contribution in [0.5, 0.6) is 0 Å². The fourth-order valence-corrected chi connectivity index (χ4v) is 5.90. The number of sulfone groups is 1. The van der Waals surface area contributed by atoms with Crippen LogP contribution in [0.2, 0.25) is 0 Å². The van der Waals surface area contributed by atoms with Crippen molar-refractivity contribution in [1.82, 2.24) is 15.1 Å². The van der Waals surface area contributed by atoms with E-state index >= 15 is 0 Å². The second kappa shape index (κ2) is 9.03. The third kappa shape index (κ3) is 5.59. The van der Waals surface area contributed by atoms with Crippen molar-refractivity contribution in [3.63, 3.8) is 0 Å². The average Bonchev–Trinajstić information content (AvgIpc) is 3.45. The van der Waals surface area contributed by atoms with Gasteiger partial charge in [0.2, 0.25) is 11.8 Å². The molecule has 164 valence electrons. The van der Waals surface area contributed by atoms with Gasteiger partial charge in [0.1, 0.15) is 0 Å². The van der Waals surface area contributed by atoms with Crippen LogP contribution in [-0.4, -0.2) is 92.9 Å². The van der Waals surface area contributed by atoms with E-state index in [-0.39, 0.29) is 35.9 Å². The first kappa shape index (κ1) is 21.3. The second-order valence-electron chi connectivity index (χ2n) is 8.55. The Labute approximate surface area is 178 Å². The van der Waals surface area contributed by atoms with E-state index in [1.54, 1.807) is 4.90 Å². The maximum Gasteiger partial charge on any atom is 0.241 e. The van der Waals surface area contributed by atoms with E-state index in [0.717, 1.165) is 31.6 Å². The van der Waals surface area contributed by atoms with Gasteiger partial charge in [0.05, 0.1) is 30.6 Å². The summed E-state index contributed by atoms with van der Waals surface area (Å²) in [6.45, 7) is 3.59. The van der Waals surface area contributed by atoms with Crippen LogP contribution in [0, 0.1) is 0 Å². The molecule has 4 rings (SSSR count). The molecule has 30 heavy (non-hydrogen) atoms. The number of carbonyl (C=O) groups is 2. The summed E-state index contributed by atoms with van der Waals surface area (Å²) < 4.78 is 24.0. The number of nitrogens with zero attached hydrogens (tertiary/aromatic N) is 3. The number of carbonyl (C=O) groups excluding carboxylic acids is 2. The first-order valence-corrected chi connectivity index (χ1v) is 12.5. The SMILES string of the molecule is O=C(CN1CCN(CC(=O)N(c2ccccc2)[C@H]2CCS(=O)(=O)C2)CC1)NC1CC1. The molecular formula is C21H30N4O4S. The lowest BCUT2D eigenvalue weighted by atomic mass is 10.1. The molecule has 1 aromatic carbocycles. The van der Waals surface area contributed by atoms with E-state index < -0.39 is 9.84 Å². The van der Waals surface area contributed by atoms with Crippen LogP contribution < -0.4 is 10.2 Å². The molecule has 3 fully saturated rings. The Hall–Kier alpha value is -1.97. The molecule has 0 spiro atoms. The number of hydrogen-bond donors (Lipinski definition) is 1. The highest BCUT2D eigenvalue weighted by molar-refractivity contribution is 7.91. The van der Waals surface area contributed by atoms with Crippen LogP contribution in [0.1, 0.15) is 19.3 Å². The van der Waals surface area contributed by atoms with Gasteiger partial charge in [-0.25, -0.2) is 8.42 Å². The fraction of sp³-hybridized carbons (Fsp3) is 0.619. The summed E-state index contributed by atoms with van der Waals surface area (Å²) in [5.74, 6) is 0.177. The third-order valence-electron chi connectivity index (χ3n) is 6.01. The number of anilines is 1. The normalized spacial score (nSPS) is 24.5. The highest BCUT2D eigenvalue weighted by atomic mass is 32.2. The van der Waals surface area contributed by atoms with Crippen molar-refractivity contribution in [1.29, 1.82) is 0 Å². The molecule has 3 aliphatic rings. The molecular weight excluding hydrogens is 404 g/mol. The number of piperazine rings is 1. The van der Waals surface area contributed by atoms with Gasteiger partial charge in [0.15, 0.2) is 9.84 Å². The van der Waals surface area contributed by atoms with Gasteiger partial charge >= 0.3 is 0 Å². The third-order valence-corrected chi connectivity index (χ3v) is 7.76. The van der Waals surface area contributed by atoms with Crippen LogP contribution in [0.15, 0.2) is 30.3 Å². The molecule has 9 heteroatoms. The fourth-order valence-electron chi connectivity index (χ4n) is 4.20. The van der Waals surface area contributed by atoms with E-state index in [0.29, 0.717) is 32.1 Å². The molecule has 1 saturated carbocycles. The Balaban J connectivity index is 1.33. The zero-order valence-electron chi connectivity index (χ0n) is 17.2. The quantitative estimate of drug-likeness (QED) is 0.655. The van der Waals surface area contributed by atoms with Crippen molar-refractivity contribution in [2.45, 2.75) is 31.3 Å². The van der Waals surface area contributed by atoms with E-state index in [1.165, 1.54) is 0 Å². The molecule has 1 aromatic rings. The first-order valence-electron chi connectivity index (χ1n) is 10.7. The van der Waals surface area contributed by atoms with Gasteiger partial charge in [-0.15, -0.1) is 0 Å². The van der Waals surface area contributed by atoms with E-state index in [9.17, 15) is 18.0 Å². The topological polar surface area (TPSA) is 90.0 Å². The average molecular weight is 435 g/mol. The van der Waals surface area contributed by atoms with Crippen LogP contribution in [-0.2, 0) is 19.4 Å². The maximum absolute atomic E-state index is 13.2. The van der Waals surface area contributed by atoms with Crippen LogP contribution in [0.3, 0.4) is 0 Å². The highest BCUT2D eigenvalue weighted by Gasteiger charge is 2.36. The highest BCUT2D eigenvalue weighted by Crippen LogP contribution is 2.25. The molecule has 2 aliphatic heterocycles. The second-order valence-corrected chi connectivity index (χ2v) is 10.8. The molecule has 0 bridgehead atoms. The summed E-state index contributed by atoms with van der Waals surface area (Å²) in [5, 5.41) is 3.01. The number of rotatable bonds is 7. The minimum Gasteiger partial charge on any atom is -0.352 e. The molecule has 2 amide bonds. The largest absolute Gasteiger partial charge is 0.352 e. The maximum atomic E-state index is 13.2. The number of nitrogens with one attached hydrogen (secondary N) is 1. The smallest absolute Gasteiger partial charge is 0.241 e. The Kier molecular flexibility index (Phi) is 6.40. The summed E-state index contributed by atoms with van der Waals surface area (Å²) in [5.41, 5.74) is 0.750. The van der Waals surface area contributed by atoms with Crippen LogP contribution in [0.25, 0.3) is 0 Å². The van der Waals surface area contributed by atoms with Gasteiger partial charge in [-0.05, 0) is 31.4 Å². The van der Waals surface area contributed by atoms with Gasteiger partial charge in [-0.1, -0.05) is 18.2 Å². The number of amides is 2. The van der Waals surface area contributed by atoms with Gasteiger partial charge in [0, 0.05) is 37.9 Å². The van der Waals surface area contributed by atoms with Crippen LogP contribution >= 0.6 is 0 Å². The Bertz CT molecular complexity index is 864. The van der Waals surface area contributed by atoms with Gasteiger partial charge in [-0.3, -0.25) is 19.4 Å². The van der Waals surface area contributed by atoms with Gasteiger partial charge in [0.25, 0.3) is 0 Å². The molecule has 8 nitrogen and oxygen atoms in total. The summed E-state index contributed by atoms with van der Waals surface area (Å²) in [7, 11) is -3.09. The van der Waals surface area contributed by atoms with Crippen molar-refractivity contribution in [2.75, 3.05) is 55.7 Å². The van der Waals surface area contributed by atoms with E-state index in [1.807, 2.05) is 30.3 Å². The number of para-hydroxylation sites is 1. The number of hydrogen-bond acceptors (Lipinski definition) is 6. The zero-order chi connectivity index (χ0) is 21.1. The Morgan fingerprint density at radius 3 is 2.17 bits per heavy atom. The lowest BCUT2D eigenvalue weighted by Crippen LogP contribution is -2.53. The van der Waals surface area contributed by atoms with Crippen molar-refractivity contribution < 1.29 is 18.0 Å². The van der Waals surface area contributed by atoms with Crippen molar-refractivity contribution in [3.8, 4) is 0 Å². The molecule has 0 unspecified atom stereocenters. The lowest BCUT2D eigenvalue weighted by molar-refractivity contribution is -0.124. The van der Waals surface area contributed by atoms with Crippen LogP contribution in [0.4, 0.5) is 5.69 Å². The molecule has 0 aromatic heterocycles. The Morgan fingerprint density at radius 1 is 0.967 bits per heavy atom. The minimum atomic E-state index is -3.09. The monoisotopic (exact) mass is 434 g/mol. The standard InChI is InChI=1S/C21H30N4O4S/c26-20(22-17-6-7-17)14-23-9-11-24(12-10-23)15-21(27)25(18-4-2-1-3-5-18)19-8-13-30(28,29)16-19/h1-5,17,19H,6-16H2,(H,22,26)/t19-/m0/s1. The van der Waals surface area contributed by atoms with E-state index in [2.05, 4.69) is 15.1 Å². The molecule has 2 saturated heterocycles. The minimum absolute atomic E-state index is 0.0253. The predicted octanol–water partition coefficient (Wildman–Crippen LogP) is 0.103. The van der Waals surface area contributed by atoms with Crippen molar-refractivity contribution in [2.24, 2.45) is 0 Å². The lowest BCUT2D eigenvalue weighted by Gasteiger charge is -2.36. The van der Waals surface area contributed by atoms with Crippen molar-refractivity contribution in [3.05, 3.63) is 30.3 Å². The zero-order valence-corrected chi connectivity index (χ0v) is 18.0. The van der Waals surface area contributed by atoms with Gasteiger partial charge in [-0.2, -0.15) is 0 Å². The van der Waals surface area contributed by atoms with Gasteiger partial charge < -0.3 is 10.2 Å². The summed E-state index contributed by atoms with van der Waals surface area (Å²) in [6.07, 6.45) is 2.65. The first-order chi connectivity index (χ1) is 14.4. The molecule has 1 N–H and O–H groups in total. The van der Waals surface area contributed by atoms with Crippen molar-refractivity contribution >= 4 is 27.3 Å². The predicted molar refractivity (Wildman–Crippen MR) is 115 cm³/mol. The number of benzene rings is 1. The molecule has 1 aliphatic carbocycles. The Morgan fingerprint density at radius 2 is 1.60 bits per heavy atom. The summed E-state index contributed by atoms with van der Waals surface area (Å²) in [6, 6.07) is 9.40. The summed E-state index contributed by atoms with van der Waals surface area (Å²) >= 11 is 0.